The maximum absolute atomic E-state index is 12.9. The zero-order valence-electron chi connectivity index (χ0n) is 12.7. The first-order valence-corrected chi connectivity index (χ1v) is 7.83. The summed E-state index contributed by atoms with van der Waals surface area (Å²) < 4.78 is 14.5. The van der Waals surface area contributed by atoms with Gasteiger partial charge in [-0.15, -0.1) is 0 Å². The molecule has 0 aliphatic carbocycles. The average Bonchev–Trinajstić information content (AvgIpc) is 3.07. The Hall–Kier alpha value is -2.66. The predicted octanol–water partition coefficient (Wildman–Crippen LogP) is 3.64. The largest absolute Gasteiger partial charge is 0.352 e. The van der Waals surface area contributed by atoms with Crippen LogP contribution in [0.4, 0.5) is 4.39 Å². The SMILES string of the molecule is O=C(NCCc1ccc(Cl)cc1)c1cnn(-c2ccc(F)cc2)c1. The molecule has 0 bridgehead atoms. The second-order valence-electron chi connectivity index (χ2n) is 5.28. The summed E-state index contributed by atoms with van der Waals surface area (Å²) in [6, 6.07) is 13.4. The van der Waals surface area contributed by atoms with E-state index >= 15 is 0 Å². The van der Waals surface area contributed by atoms with Crippen LogP contribution in [0.15, 0.2) is 60.9 Å². The van der Waals surface area contributed by atoms with Crippen LogP contribution in [0.5, 0.6) is 0 Å². The third-order valence-corrected chi connectivity index (χ3v) is 3.80. The number of benzene rings is 2. The predicted molar refractivity (Wildman–Crippen MR) is 91.0 cm³/mol. The van der Waals surface area contributed by atoms with E-state index in [1.165, 1.54) is 23.0 Å². The Morgan fingerprint density at radius 1 is 1.12 bits per heavy atom. The maximum Gasteiger partial charge on any atom is 0.254 e. The summed E-state index contributed by atoms with van der Waals surface area (Å²) in [6.07, 6.45) is 3.82. The molecular weight excluding hydrogens is 329 g/mol. The van der Waals surface area contributed by atoms with Gasteiger partial charge in [-0.05, 0) is 48.4 Å². The van der Waals surface area contributed by atoms with Gasteiger partial charge in [-0.2, -0.15) is 5.10 Å². The van der Waals surface area contributed by atoms with E-state index in [-0.39, 0.29) is 11.7 Å². The van der Waals surface area contributed by atoms with Crippen LogP contribution in [0.2, 0.25) is 5.02 Å². The molecule has 0 saturated carbocycles. The van der Waals surface area contributed by atoms with Crippen LogP contribution < -0.4 is 5.32 Å². The van der Waals surface area contributed by atoms with Gasteiger partial charge < -0.3 is 5.32 Å². The normalized spacial score (nSPS) is 10.6. The van der Waals surface area contributed by atoms with Crippen molar-refractivity contribution in [2.45, 2.75) is 6.42 Å². The molecule has 122 valence electrons. The molecule has 0 fully saturated rings. The molecule has 0 saturated heterocycles. The fourth-order valence-corrected chi connectivity index (χ4v) is 2.37. The number of nitrogens with zero attached hydrogens (tertiary/aromatic N) is 2. The van der Waals surface area contributed by atoms with E-state index < -0.39 is 0 Å². The molecule has 0 radical (unpaired) electrons. The van der Waals surface area contributed by atoms with Crippen LogP contribution in [0.1, 0.15) is 15.9 Å². The summed E-state index contributed by atoms with van der Waals surface area (Å²) in [5.74, 6) is -0.511. The summed E-state index contributed by atoms with van der Waals surface area (Å²) in [5, 5.41) is 7.67. The van der Waals surface area contributed by atoms with Gasteiger partial charge in [0, 0.05) is 17.8 Å². The van der Waals surface area contributed by atoms with Gasteiger partial charge in [0.15, 0.2) is 0 Å². The van der Waals surface area contributed by atoms with E-state index in [2.05, 4.69) is 10.4 Å². The lowest BCUT2D eigenvalue weighted by Gasteiger charge is -2.04. The molecule has 0 spiro atoms. The Kier molecular flexibility index (Phi) is 4.91. The number of nitrogens with one attached hydrogen (secondary N) is 1. The van der Waals surface area contributed by atoms with Gasteiger partial charge in [-0.25, -0.2) is 9.07 Å². The van der Waals surface area contributed by atoms with E-state index in [1.807, 2.05) is 24.3 Å². The summed E-state index contributed by atoms with van der Waals surface area (Å²) in [4.78, 5) is 12.1. The number of amides is 1. The molecule has 1 N–H and O–H groups in total. The molecule has 3 aromatic rings. The molecule has 6 heteroatoms. The molecule has 24 heavy (non-hydrogen) atoms. The molecule has 0 aliphatic heterocycles. The lowest BCUT2D eigenvalue weighted by Crippen LogP contribution is -2.25. The van der Waals surface area contributed by atoms with Crippen molar-refractivity contribution in [3.8, 4) is 5.69 Å². The highest BCUT2D eigenvalue weighted by Gasteiger charge is 2.09. The highest BCUT2D eigenvalue weighted by molar-refractivity contribution is 6.30. The lowest BCUT2D eigenvalue weighted by molar-refractivity contribution is 0.0954. The van der Waals surface area contributed by atoms with Gasteiger partial charge in [0.2, 0.25) is 0 Å². The number of rotatable bonds is 5. The average molecular weight is 344 g/mol. The van der Waals surface area contributed by atoms with Crippen molar-refractivity contribution in [3.63, 3.8) is 0 Å². The highest BCUT2D eigenvalue weighted by Crippen LogP contribution is 2.11. The quantitative estimate of drug-likeness (QED) is 0.769. The van der Waals surface area contributed by atoms with E-state index in [4.69, 9.17) is 11.6 Å². The number of hydrogen-bond donors (Lipinski definition) is 1. The number of carbonyl (C=O) groups is 1. The van der Waals surface area contributed by atoms with E-state index in [1.54, 1.807) is 18.3 Å². The Balaban J connectivity index is 1.57. The smallest absolute Gasteiger partial charge is 0.254 e. The van der Waals surface area contributed by atoms with Crippen LogP contribution in [0.3, 0.4) is 0 Å². The van der Waals surface area contributed by atoms with Crippen LogP contribution in [0, 0.1) is 5.82 Å². The number of aromatic nitrogens is 2. The minimum atomic E-state index is -0.314. The zero-order valence-corrected chi connectivity index (χ0v) is 13.5. The third-order valence-electron chi connectivity index (χ3n) is 3.55. The first kappa shape index (κ1) is 16.2. The molecule has 0 aliphatic rings. The van der Waals surface area contributed by atoms with Crippen molar-refractivity contribution in [1.82, 2.24) is 15.1 Å². The number of halogens is 2. The van der Waals surface area contributed by atoms with Crippen molar-refractivity contribution < 1.29 is 9.18 Å². The summed E-state index contributed by atoms with van der Waals surface area (Å²) in [7, 11) is 0. The fraction of sp³-hybridized carbons (Fsp3) is 0.111. The van der Waals surface area contributed by atoms with Crippen LogP contribution in [-0.4, -0.2) is 22.2 Å². The van der Waals surface area contributed by atoms with E-state index in [9.17, 15) is 9.18 Å². The Morgan fingerprint density at radius 2 is 1.83 bits per heavy atom. The summed E-state index contributed by atoms with van der Waals surface area (Å²) >= 11 is 5.84. The highest BCUT2D eigenvalue weighted by atomic mass is 35.5. The molecule has 1 amide bonds. The first-order valence-electron chi connectivity index (χ1n) is 7.45. The van der Waals surface area contributed by atoms with Crippen LogP contribution in [0.25, 0.3) is 5.69 Å². The lowest BCUT2D eigenvalue weighted by atomic mass is 10.1. The Labute approximate surface area is 143 Å². The minimum Gasteiger partial charge on any atom is -0.352 e. The van der Waals surface area contributed by atoms with Crippen molar-refractivity contribution in [2.24, 2.45) is 0 Å². The van der Waals surface area contributed by atoms with Gasteiger partial charge in [-0.3, -0.25) is 4.79 Å². The summed E-state index contributed by atoms with van der Waals surface area (Å²) in [6.45, 7) is 0.516. The molecular formula is C18H15ClFN3O. The van der Waals surface area contributed by atoms with E-state index in [0.717, 1.165) is 12.0 Å². The second-order valence-corrected chi connectivity index (χ2v) is 5.72. The van der Waals surface area contributed by atoms with Gasteiger partial charge >= 0.3 is 0 Å². The molecule has 3 rings (SSSR count). The Bertz CT molecular complexity index is 828. The van der Waals surface area contributed by atoms with Gasteiger partial charge in [0.1, 0.15) is 5.82 Å². The molecule has 2 aromatic carbocycles. The second kappa shape index (κ2) is 7.27. The standard InChI is InChI=1S/C18H15ClFN3O/c19-15-3-1-13(2-4-15)9-10-21-18(24)14-11-22-23(12-14)17-7-5-16(20)6-8-17/h1-8,11-12H,9-10H2,(H,21,24). The van der Waals surface area contributed by atoms with E-state index in [0.29, 0.717) is 22.8 Å². The van der Waals surface area contributed by atoms with Crippen molar-refractivity contribution in [1.29, 1.82) is 0 Å². The van der Waals surface area contributed by atoms with Crippen molar-refractivity contribution in [3.05, 3.63) is 82.9 Å². The zero-order chi connectivity index (χ0) is 16.9. The van der Waals surface area contributed by atoms with Crippen molar-refractivity contribution in [2.75, 3.05) is 6.54 Å². The summed E-state index contributed by atoms with van der Waals surface area (Å²) in [5.41, 5.74) is 2.24. The first-order chi connectivity index (χ1) is 11.6. The molecule has 0 atom stereocenters. The topological polar surface area (TPSA) is 46.9 Å². The number of carbonyl (C=O) groups excluding carboxylic acids is 1. The maximum atomic E-state index is 12.9. The Morgan fingerprint density at radius 3 is 2.54 bits per heavy atom. The van der Waals surface area contributed by atoms with Crippen molar-refractivity contribution >= 4 is 17.5 Å². The molecule has 4 nitrogen and oxygen atoms in total. The van der Waals surface area contributed by atoms with Gasteiger partial charge in [0.25, 0.3) is 5.91 Å². The van der Waals surface area contributed by atoms with Crippen LogP contribution >= 0.6 is 11.6 Å². The number of hydrogen-bond acceptors (Lipinski definition) is 2. The molecule has 1 aromatic heterocycles. The van der Waals surface area contributed by atoms with Gasteiger partial charge in [0.05, 0.1) is 17.4 Å². The van der Waals surface area contributed by atoms with Crippen LogP contribution in [-0.2, 0) is 6.42 Å². The monoisotopic (exact) mass is 343 g/mol. The van der Waals surface area contributed by atoms with Gasteiger partial charge in [-0.1, -0.05) is 23.7 Å². The molecule has 1 heterocycles. The minimum absolute atomic E-state index is 0.197. The fourth-order valence-electron chi connectivity index (χ4n) is 2.25. The third kappa shape index (κ3) is 4.00. The molecule has 0 unspecified atom stereocenters.